The summed E-state index contributed by atoms with van der Waals surface area (Å²) < 4.78 is 28.4. The summed E-state index contributed by atoms with van der Waals surface area (Å²) in [4.78, 5) is 51.0. The molecule has 0 radical (unpaired) electrons. The number of carbonyl (C=O) groups excluding carboxylic acids is 4. The molecule has 0 saturated carbocycles. The summed E-state index contributed by atoms with van der Waals surface area (Å²) >= 11 is 0. The Morgan fingerprint density at radius 3 is 1.36 bits per heavy atom. The van der Waals surface area contributed by atoms with Gasteiger partial charge < -0.3 is 28.8 Å². The Kier molecular flexibility index (Phi) is 9.77. The zero-order valence-corrected chi connectivity index (χ0v) is 23.7. The molecule has 36 heavy (non-hydrogen) atoms. The van der Waals surface area contributed by atoms with Crippen molar-refractivity contribution in [2.75, 3.05) is 6.61 Å². The molecule has 1 N–H and O–H groups in total. The summed E-state index contributed by atoms with van der Waals surface area (Å²) in [6, 6.07) is 0. The van der Waals surface area contributed by atoms with E-state index in [0.29, 0.717) is 0 Å². The first kappa shape index (κ1) is 31.8. The molecule has 1 aliphatic rings. The number of aliphatic hydroxyl groups is 1. The lowest BCUT2D eigenvalue weighted by Crippen LogP contribution is -2.49. The molecular formula is C26H44O10. The quantitative estimate of drug-likeness (QED) is 0.414. The van der Waals surface area contributed by atoms with Crippen LogP contribution in [0.25, 0.3) is 0 Å². The molecule has 0 aromatic rings. The summed E-state index contributed by atoms with van der Waals surface area (Å²) in [5.74, 6) is -2.60. The van der Waals surface area contributed by atoms with E-state index < -0.39 is 82.8 Å². The Hall–Kier alpha value is -2.20. The highest BCUT2D eigenvalue weighted by Gasteiger charge is 2.56. The molecule has 1 saturated heterocycles. The van der Waals surface area contributed by atoms with Crippen LogP contribution in [-0.2, 0) is 42.9 Å². The largest absolute Gasteiger partial charge is 0.457 e. The van der Waals surface area contributed by atoms with Gasteiger partial charge in [0, 0.05) is 0 Å². The summed E-state index contributed by atoms with van der Waals surface area (Å²) in [6.45, 7) is 18.9. The van der Waals surface area contributed by atoms with Crippen LogP contribution in [0.4, 0.5) is 0 Å². The molecule has 10 nitrogen and oxygen atoms in total. The highest BCUT2D eigenvalue weighted by Crippen LogP contribution is 2.35. The maximum atomic E-state index is 12.9. The van der Waals surface area contributed by atoms with Crippen LogP contribution in [0, 0.1) is 21.7 Å². The van der Waals surface area contributed by atoms with Crippen molar-refractivity contribution in [3.63, 3.8) is 0 Å². The molecule has 1 heterocycles. The Balaban J connectivity index is 3.54. The van der Waals surface area contributed by atoms with Gasteiger partial charge >= 0.3 is 23.9 Å². The van der Waals surface area contributed by atoms with Crippen LogP contribution in [0.2, 0.25) is 0 Å². The Morgan fingerprint density at radius 2 is 1.00 bits per heavy atom. The molecule has 0 spiro atoms. The zero-order valence-electron chi connectivity index (χ0n) is 23.7. The minimum Gasteiger partial charge on any atom is -0.457 e. The number of hydrogen-bond donors (Lipinski definition) is 1. The van der Waals surface area contributed by atoms with E-state index in [-0.39, 0.29) is 0 Å². The molecule has 1 fully saturated rings. The molecule has 10 heteroatoms. The summed E-state index contributed by atoms with van der Waals surface area (Å²) in [5, 5.41) is 10.1. The molecule has 0 amide bonds. The van der Waals surface area contributed by atoms with Crippen molar-refractivity contribution in [2.24, 2.45) is 21.7 Å². The number of rotatable bonds is 6. The number of hydrogen-bond acceptors (Lipinski definition) is 10. The number of aliphatic hydroxyl groups excluding tert-OH is 1. The predicted octanol–water partition coefficient (Wildman–Crippen LogP) is 3.17. The topological polar surface area (TPSA) is 135 Å². The number of ether oxygens (including phenoxy) is 5. The lowest BCUT2D eigenvalue weighted by atomic mass is 9.95. The molecule has 0 unspecified atom stereocenters. The fourth-order valence-corrected chi connectivity index (χ4v) is 2.71. The van der Waals surface area contributed by atoms with Gasteiger partial charge in [-0.25, -0.2) is 0 Å². The number of carbonyl (C=O) groups is 4. The van der Waals surface area contributed by atoms with E-state index in [1.807, 2.05) is 0 Å². The van der Waals surface area contributed by atoms with Gasteiger partial charge in [-0.1, -0.05) is 0 Å². The molecule has 1 rings (SSSR count). The fraction of sp³-hybridized carbons (Fsp3) is 0.846. The maximum Gasteiger partial charge on any atom is 0.313 e. The van der Waals surface area contributed by atoms with Crippen molar-refractivity contribution in [3.05, 3.63) is 0 Å². The van der Waals surface area contributed by atoms with Gasteiger partial charge in [0.05, 0.1) is 28.3 Å². The van der Waals surface area contributed by atoms with Crippen LogP contribution in [0.15, 0.2) is 0 Å². The SMILES string of the molecule is CC(C)(C)C(=O)O[C@@H]1O[C@@H]([C@H](CO)OC(=O)C(C)(C)C)[C@H](OC(=O)C(C)(C)C)[C@H]1OC(=O)C(C)(C)C. The van der Waals surface area contributed by atoms with Gasteiger partial charge in [-0.2, -0.15) is 0 Å². The van der Waals surface area contributed by atoms with Crippen molar-refractivity contribution in [1.82, 2.24) is 0 Å². The Labute approximate surface area is 214 Å². The Bertz CT molecular complexity index is 820. The first-order chi connectivity index (χ1) is 16.0. The standard InChI is InChI=1S/C26H44O10/c1-23(2,3)19(28)32-14(13-27)15-16(34-20(29)24(4,5)6)17(35-21(30)25(7,8)9)18(33-15)36-22(31)26(10,11)12/h14-18,27H,13H2,1-12H3/t14-,15-,16-,17+,18-/m0/s1. The lowest BCUT2D eigenvalue weighted by molar-refractivity contribution is -0.213. The summed E-state index contributed by atoms with van der Waals surface area (Å²) in [6.07, 6.45) is -6.78. The molecule has 1 aliphatic heterocycles. The van der Waals surface area contributed by atoms with Crippen LogP contribution in [0.1, 0.15) is 83.1 Å². The molecular weight excluding hydrogens is 472 g/mol. The summed E-state index contributed by atoms with van der Waals surface area (Å²) in [7, 11) is 0. The Morgan fingerprint density at radius 1 is 0.639 bits per heavy atom. The first-order valence-corrected chi connectivity index (χ1v) is 12.1. The van der Waals surface area contributed by atoms with Gasteiger partial charge in [0.15, 0.2) is 12.2 Å². The van der Waals surface area contributed by atoms with E-state index in [0.717, 1.165) is 0 Å². The third-order valence-corrected chi connectivity index (χ3v) is 5.17. The monoisotopic (exact) mass is 516 g/mol. The van der Waals surface area contributed by atoms with Gasteiger partial charge in [0.2, 0.25) is 12.4 Å². The van der Waals surface area contributed by atoms with Crippen molar-refractivity contribution in [3.8, 4) is 0 Å². The van der Waals surface area contributed by atoms with Crippen LogP contribution in [0.3, 0.4) is 0 Å². The van der Waals surface area contributed by atoms with Gasteiger partial charge in [-0.15, -0.1) is 0 Å². The van der Waals surface area contributed by atoms with Gasteiger partial charge in [-0.05, 0) is 83.1 Å². The van der Waals surface area contributed by atoms with Gasteiger partial charge in [-0.3, -0.25) is 19.2 Å². The van der Waals surface area contributed by atoms with Crippen molar-refractivity contribution < 1.29 is 48.0 Å². The van der Waals surface area contributed by atoms with E-state index in [9.17, 15) is 24.3 Å². The normalized spacial score (nSPS) is 24.0. The highest BCUT2D eigenvalue weighted by molar-refractivity contribution is 5.78. The van der Waals surface area contributed by atoms with E-state index in [2.05, 4.69) is 0 Å². The number of esters is 4. The highest BCUT2D eigenvalue weighted by atomic mass is 16.8. The van der Waals surface area contributed by atoms with Gasteiger partial charge in [0.1, 0.15) is 6.10 Å². The molecule has 5 atom stereocenters. The second-order valence-electron chi connectivity index (χ2n) is 13.2. The third kappa shape index (κ3) is 8.44. The van der Waals surface area contributed by atoms with E-state index in [1.54, 1.807) is 83.1 Å². The van der Waals surface area contributed by atoms with Crippen LogP contribution in [-0.4, -0.2) is 66.3 Å². The molecule has 0 aromatic carbocycles. The third-order valence-electron chi connectivity index (χ3n) is 5.17. The predicted molar refractivity (Wildman–Crippen MR) is 129 cm³/mol. The molecule has 208 valence electrons. The fourth-order valence-electron chi connectivity index (χ4n) is 2.71. The molecule has 0 aromatic heterocycles. The molecule has 0 aliphatic carbocycles. The van der Waals surface area contributed by atoms with E-state index in [4.69, 9.17) is 23.7 Å². The first-order valence-electron chi connectivity index (χ1n) is 12.1. The van der Waals surface area contributed by atoms with Crippen molar-refractivity contribution in [1.29, 1.82) is 0 Å². The second kappa shape index (κ2) is 11.0. The van der Waals surface area contributed by atoms with E-state index >= 15 is 0 Å². The van der Waals surface area contributed by atoms with Crippen LogP contribution >= 0.6 is 0 Å². The van der Waals surface area contributed by atoms with Gasteiger partial charge in [0.25, 0.3) is 0 Å². The van der Waals surface area contributed by atoms with Crippen molar-refractivity contribution >= 4 is 23.9 Å². The average molecular weight is 517 g/mol. The van der Waals surface area contributed by atoms with Crippen molar-refractivity contribution in [2.45, 2.75) is 114 Å². The van der Waals surface area contributed by atoms with E-state index in [1.165, 1.54) is 0 Å². The molecule has 0 bridgehead atoms. The smallest absolute Gasteiger partial charge is 0.313 e. The average Bonchev–Trinajstić information content (AvgIpc) is 2.99. The van der Waals surface area contributed by atoms with Crippen LogP contribution in [0.5, 0.6) is 0 Å². The minimum atomic E-state index is -1.48. The second-order valence-corrected chi connectivity index (χ2v) is 13.2. The maximum absolute atomic E-state index is 12.9. The van der Waals surface area contributed by atoms with Crippen LogP contribution < -0.4 is 0 Å². The minimum absolute atomic E-state index is 0.635. The zero-order chi connectivity index (χ0) is 28.4. The summed E-state index contributed by atoms with van der Waals surface area (Å²) in [5.41, 5.74) is -3.71. The lowest BCUT2D eigenvalue weighted by Gasteiger charge is -2.31.